The summed E-state index contributed by atoms with van der Waals surface area (Å²) in [5.41, 5.74) is 6.58. The molecule has 0 aliphatic carbocycles. The lowest BCUT2D eigenvalue weighted by atomic mass is 10.2. The number of methoxy groups -OCH3 is 1. The largest absolute Gasteiger partial charge is 0.465 e. The molecule has 1 aliphatic rings. The van der Waals surface area contributed by atoms with Gasteiger partial charge in [-0.2, -0.15) is 0 Å². The standard InChI is InChI=1S/C7H6N2OS.C6H7NO2S/c1-4-8-6(10)5-2-3-11-7(5)9-4;1-9-6(8)4-2-3-10-5(4)7/h2-3,9H,1H2,(H,8,10);2-3H,7H2,1H3. The summed E-state index contributed by atoms with van der Waals surface area (Å²) in [5.74, 6) is 0.0914. The number of anilines is 2. The van der Waals surface area contributed by atoms with Crippen molar-refractivity contribution in [2.24, 2.45) is 0 Å². The van der Waals surface area contributed by atoms with E-state index in [1.807, 2.05) is 5.38 Å². The molecular weight excluding hydrogens is 310 g/mol. The predicted octanol–water partition coefficient (Wildman–Crippen LogP) is 2.49. The van der Waals surface area contributed by atoms with E-state index in [0.29, 0.717) is 21.9 Å². The molecule has 0 fully saturated rings. The maximum Gasteiger partial charge on any atom is 0.340 e. The van der Waals surface area contributed by atoms with Gasteiger partial charge in [0.05, 0.1) is 18.2 Å². The number of ether oxygens (including phenoxy) is 1. The maximum absolute atomic E-state index is 11.2. The Bertz CT molecular complexity index is 690. The summed E-state index contributed by atoms with van der Waals surface area (Å²) >= 11 is 2.83. The molecule has 21 heavy (non-hydrogen) atoms. The van der Waals surface area contributed by atoms with Gasteiger partial charge in [0.25, 0.3) is 5.91 Å². The molecule has 1 amide bonds. The minimum atomic E-state index is -0.376. The van der Waals surface area contributed by atoms with Gasteiger partial charge in [-0.15, -0.1) is 22.7 Å². The number of thiophene rings is 2. The molecule has 0 aromatic carbocycles. The van der Waals surface area contributed by atoms with Gasteiger partial charge in [0, 0.05) is 0 Å². The Labute approximate surface area is 129 Å². The molecule has 6 nitrogen and oxygen atoms in total. The highest BCUT2D eigenvalue weighted by atomic mass is 32.1. The van der Waals surface area contributed by atoms with E-state index in [9.17, 15) is 9.59 Å². The van der Waals surface area contributed by atoms with Crippen LogP contribution in [0.1, 0.15) is 20.7 Å². The molecule has 8 heteroatoms. The summed E-state index contributed by atoms with van der Waals surface area (Å²) in [6, 6.07) is 3.43. The Morgan fingerprint density at radius 1 is 1.29 bits per heavy atom. The van der Waals surface area contributed by atoms with Crippen molar-refractivity contribution < 1.29 is 14.3 Å². The van der Waals surface area contributed by atoms with E-state index in [-0.39, 0.29) is 11.9 Å². The molecule has 0 atom stereocenters. The number of fused-ring (bicyclic) bond motifs is 1. The zero-order valence-corrected chi connectivity index (χ0v) is 12.8. The van der Waals surface area contributed by atoms with Gasteiger partial charge in [0.15, 0.2) is 0 Å². The number of hydrogen-bond donors (Lipinski definition) is 3. The van der Waals surface area contributed by atoms with Crippen LogP contribution in [0.15, 0.2) is 35.3 Å². The lowest BCUT2D eigenvalue weighted by Gasteiger charge is -2.16. The first-order chi connectivity index (χ1) is 10.0. The zero-order valence-electron chi connectivity index (χ0n) is 11.1. The number of esters is 1. The van der Waals surface area contributed by atoms with E-state index in [2.05, 4.69) is 21.9 Å². The molecule has 2 aromatic heterocycles. The Hall–Kier alpha value is -2.32. The Morgan fingerprint density at radius 2 is 2.00 bits per heavy atom. The lowest BCUT2D eigenvalue weighted by Crippen LogP contribution is -2.30. The van der Waals surface area contributed by atoms with Gasteiger partial charge in [0.1, 0.15) is 15.8 Å². The Morgan fingerprint density at radius 3 is 2.62 bits per heavy atom. The fourth-order valence-electron chi connectivity index (χ4n) is 1.56. The van der Waals surface area contributed by atoms with Gasteiger partial charge in [-0.3, -0.25) is 4.79 Å². The van der Waals surface area contributed by atoms with Crippen molar-refractivity contribution in [3.05, 3.63) is 46.4 Å². The number of hydrogen-bond acceptors (Lipinski definition) is 7. The number of rotatable bonds is 1. The molecule has 0 unspecified atom stereocenters. The maximum atomic E-state index is 11.2. The SMILES string of the molecule is C=C1NC(=O)c2ccsc2N1.COC(=O)c1ccsc1N. The van der Waals surface area contributed by atoms with Gasteiger partial charge in [-0.05, 0) is 22.9 Å². The third kappa shape index (κ3) is 3.41. The van der Waals surface area contributed by atoms with Crippen LogP contribution in [0.25, 0.3) is 0 Å². The average molecular weight is 323 g/mol. The lowest BCUT2D eigenvalue weighted by molar-refractivity contribution is 0.0602. The van der Waals surface area contributed by atoms with Gasteiger partial charge in [-0.1, -0.05) is 6.58 Å². The van der Waals surface area contributed by atoms with Crippen LogP contribution in [0.4, 0.5) is 10.0 Å². The van der Waals surface area contributed by atoms with Crippen LogP contribution in [0, 0.1) is 0 Å². The second kappa shape index (κ2) is 6.42. The fraction of sp³-hybridized carbons (Fsp3) is 0.0769. The second-order valence-corrected chi connectivity index (χ2v) is 5.77. The smallest absolute Gasteiger partial charge is 0.340 e. The van der Waals surface area contributed by atoms with E-state index in [0.717, 1.165) is 5.00 Å². The first kappa shape index (κ1) is 15.1. The number of nitrogens with two attached hydrogens (primary N) is 1. The first-order valence-electron chi connectivity index (χ1n) is 5.79. The Balaban J connectivity index is 0.000000155. The van der Waals surface area contributed by atoms with Crippen LogP contribution in [-0.2, 0) is 4.74 Å². The van der Waals surface area contributed by atoms with Crippen LogP contribution in [-0.4, -0.2) is 19.0 Å². The molecule has 0 spiro atoms. The van der Waals surface area contributed by atoms with E-state index in [1.54, 1.807) is 17.5 Å². The number of carbonyl (C=O) groups excluding carboxylic acids is 2. The highest BCUT2D eigenvalue weighted by Gasteiger charge is 2.18. The third-order valence-electron chi connectivity index (χ3n) is 2.54. The summed E-state index contributed by atoms with van der Waals surface area (Å²) in [6.45, 7) is 3.61. The summed E-state index contributed by atoms with van der Waals surface area (Å²) < 4.78 is 4.46. The highest BCUT2D eigenvalue weighted by molar-refractivity contribution is 7.14. The molecule has 110 valence electrons. The zero-order chi connectivity index (χ0) is 15.4. The average Bonchev–Trinajstić information content (AvgIpc) is 3.07. The third-order valence-corrected chi connectivity index (χ3v) is 4.12. The van der Waals surface area contributed by atoms with Crippen LogP contribution in [0.3, 0.4) is 0 Å². The molecule has 0 radical (unpaired) electrons. The van der Waals surface area contributed by atoms with E-state index >= 15 is 0 Å². The number of amides is 1. The van der Waals surface area contributed by atoms with Crippen LogP contribution >= 0.6 is 22.7 Å². The topological polar surface area (TPSA) is 93.5 Å². The van der Waals surface area contributed by atoms with Crippen LogP contribution < -0.4 is 16.4 Å². The van der Waals surface area contributed by atoms with Crippen molar-refractivity contribution in [1.29, 1.82) is 0 Å². The summed E-state index contributed by atoms with van der Waals surface area (Å²) in [5, 5.41) is 10.5. The molecule has 0 bridgehead atoms. The first-order valence-corrected chi connectivity index (χ1v) is 7.55. The second-order valence-electron chi connectivity index (χ2n) is 3.91. The van der Waals surface area contributed by atoms with Crippen molar-refractivity contribution in [2.75, 3.05) is 18.2 Å². The highest BCUT2D eigenvalue weighted by Crippen LogP contribution is 2.26. The van der Waals surface area contributed by atoms with E-state index in [1.165, 1.54) is 29.8 Å². The summed E-state index contributed by atoms with van der Waals surface area (Å²) in [7, 11) is 1.33. The van der Waals surface area contributed by atoms with E-state index in [4.69, 9.17) is 5.73 Å². The van der Waals surface area contributed by atoms with Crippen molar-refractivity contribution in [3.8, 4) is 0 Å². The minimum absolute atomic E-state index is 0.0787. The normalized spacial score (nSPS) is 12.4. The number of carbonyl (C=O) groups is 2. The summed E-state index contributed by atoms with van der Waals surface area (Å²) in [4.78, 5) is 22.0. The predicted molar refractivity (Wildman–Crippen MR) is 84.6 cm³/mol. The molecule has 0 saturated heterocycles. The molecule has 1 aliphatic heterocycles. The fourth-order valence-corrected chi connectivity index (χ4v) is 3.00. The van der Waals surface area contributed by atoms with E-state index < -0.39 is 0 Å². The van der Waals surface area contributed by atoms with Gasteiger partial charge in [-0.25, -0.2) is 4.79 Å². The van der Waals surface area contributed by atoms with Gasteiger partial charge < -0.3 is 21.1 Å². The minimum Gasteiger partial charge on any atom is -0.465 e. The van der Waals surface area contributed by atoms with Crippen molar-refractivity contribution >= 4 is 44.6 Å². The molecule has 2 aromatic rings. The van der Waals surface area contributed by atoms with Crippen molar-refractivity contribution in [1.82, 2.24) is 5.32 Å². The van der Waals surface area contributed by atoms with Gasteiger partial charge in [0.2, 0.25) is 0 Å². The monoisotopic (exact) mass is 323 g/mol. The molecule has 0 saturated carbocycles. The quantitative estimate of drug-likeness (QED) is 0.701. The van der Waals surface area contributed by atoms with Crippen molar-refractivity contribution in [3.63, 3.8) is 0 Å². The number of nitrogen functional groups attached to an aromatic ring is 1. The Kier molecular flexibility index (Phi) is 4.61. The molecule has 4 N–H and O–H groups in total. The molecule has 3 rings (SSSR count). The van der Waals surface area contributed by atoms with Gasteiger partial charge >= 0.3 is 5.97 Å². The number of nitrogens with one attached hydrogen (secondary N) is 2. The van der Waals surface area contributed by atoms with Crippen molar-refractivity contribution in [2.45, 2.75) is 0 Å². The molecule has 3 heterocycles. The van der Waals surface area contributed by atoms with Crippen LogP contribution in [0.5, 0.6) is 0 Å². The summed E-state index contributed by atoms with van der Waals surface area (Å²) in [6.07, 6.45) is 0. The van der Waals surface area contributed by atoms with Crippen LogP contribution in [0.2, 0.25) is 0 Å². The molecular formula is C13H13N3O3S2.